The van der Waals surface area contributed by atoms with Crippen molar-refractivity contribution in [2.45, 2.75) is 38.5 Å². The maximum Gasteiger partial charge on any atom is 0.337 e. The number of hydrogen-bond acceptors (Lipinski definition) is 6. The monoisotopic (exact) mass is 233 g/mol. The molecule has 0 radical (unpaired) electrons. The lowest BCUT2D eigenvalue weighted by Crippen LogP contribution is -2.50. The molecule has 2 atom stereocenters. The fourth-order valence-corrected chi connectivity index (χ4v) is 0.999. The Morgan fingerprint density at radius 1 is 1.12 bits per heavy atom. The van der Waals surface area contributed by atoms with Gasteiger partial charge in [-0.25, -0.2) is 4.79 Å². The standard InChI is InChI=1S/C10H19NO5/c1-10(2,3)16-8(12)6(11)7(14-4)9(13)15-5/h6-7H,11H2,1-5H3. The first-order valence-corrected chi connectivity index (χ1v) is 4.82. The molecular formula is C10H19NO5. The van der Waals surface area contributed by atoms with Gasteiger partial charge in [-0.15, -0.1) is 0 Å². The van der Waals surface area contributed by atoms with Gasteiger partial charge in [-0.05, 0) is 20.8 Å². The summed E-state index contributed by atoms with van der Waals surface area (Å²) in [7, 11) is 2.46. The Bertz CT molecular complexity index is 258. The Morgan fingerprint density at radius 2 is 1.62 bits per heavy atom. The molecule has 0 aliphatic carbocycles. The van der Waals surface area contributed by atoms with Gasteiger partial charge < -0.3 is 19.9 Å². The minimum absolute atomic E-state index is 0.664. The smallest absolute Gasteiger partial charge is 0.337 e. The van der Waals surface area contributed by atoms with Crippen molar-refractivity contribution in [2.75, 3.05) is 14.2 Å². The van der Waals surface area contributed by atoms with E-state index in [-0.39, 0.29) is 0 Å². The second-order valence-electron chi connectivity index (χ2n) is 4.24. The van der Waals surface area contributed by atoms with Gasteiger partial charge in [-0.2, -0.15) is 0 Å². The maximum absolute atomic E-state index is 11.5. The summed E-state index contributed by atoms with van der Waals surface area (Å²) in [6.07, 6.45) is -1.15. The van der Waals surface area contributed by atoms with Gasteiger partial charge in [-0.1, -0.05) is 0 Å². The topological polar surface area (TPSA) is 87.9 Å². The SMILES string of the molecule is COC(=O)C(OC)C(N)C(=O)OC(C)(C)C. The van der Waals surface area contributed by atoms with Crippen molar-refractivity contribution >= 4 is 11.9 Å². The average molecular weight is 233 g/mol. The van der Waals surface area contributed by atoms with Crippen LogP contribution in [0.25, 0.3) is 0 Å². The summed E-state index contributed by atoms with van der Waals surface area (Å²) < 4.78 is 14.3. The van der Waals surface area contributed by atoms with E-state index in [1.165, 1.54) is 14.2 Å². The molecule has 0 aromatic rings. The Labute approximate surface area is 95.0 Å². The number of carbonyl (C=O) groups is 2. The van der Waals surface area contributed by atoms with Crippen LogP contribution in [0.1, 0.15) is 20.8 Å². The highest BCUT2D eigenvalue weighted by Crippen LogP contribution is 2.10. The van der Waals surface area contributed by atoms with Crippen molar-refractivity contribution in [3.8, 4) is 0 Å². The largest absolute Gasteiger partial charge is 0.467 e. The van der Waals surface area contributed by atoms with Crippen LogP contribution in [0.15, 0.2) is 0 Å². The van der Waals surface area contributed by atoms with E-state index in [1.807, 2.05) is 0 Å². The van der Waals surface area contributed by atoms with Gasteiger partial charge in [0.2, 0.25) is 0 Å². The highest BCUT2D eigenvalue weighted by molar-refractivity contribution is 5.86. The molecule has 6 nitrogen and oxygen atoms in total. The molecule has 0 spiro atoms. The molecule has 94 valence electrons. The van der Waals surface area contributed by atoms with E-state index in [0.717, 1.165) is 0 Å². The second kappa shape index (κ2) is 5.81. The minimum Gasteiger partial charge on any atom is -0.467 e. The molecule has 0 bridgehead atoms. The third kappa shape index (κ3) is 4.59. The molecule has 2 unspecified atom stereocenters. The van der Waals surface area contributed by atoms with E-state index < -0.39 is 29.7 Å². The summed E-state index contributed by atoms with van der Waals surface area (Å²) >= 11 is 0. The molecule has 0 aromatic heterocycles. The molecule has 6 heteroatoms. The number of nitrogens with two attached hydrogens (primary N) is 1. The van der Waals surface area contributed by atoms with Crippen LogP contribution in [0.4, 0.5) is 0 Å². The highest BCUT2D eigenvalue weighted by atomic mass is 16.6. The van der Waals surface area contributed by atoms with E-state index in [1.54, 1.807) is 20.8 Å². The molecule has 2 N–H and O–H groups in total. The quantitative estimate of drug-likeness (QED) is 0.679. The van der Waals surface area contributed by atoms with Crippen LogP contribution in [0, 0.1) is 0 Å². The number of carbonyl (C=O) groups excluding carboxylic acids is 2. The molecule has 0 aliphatic rings. The van der Waals surface area contributed by atoms with Crippen molar-refractivity contribution in [1.29, 1.82) is 0 Å². The number of rotatable bonds is 4. The van der Waals surface area contributed by atoms with E-state index in [0.29, 0.717) is 0 Å². The molecule has 0 saturated carbocycles. The number of hydrogen-bond donors (Lipinski definition) is 1. The van der Waals surface area contributed by atoms with E-state index >= 15 is 0 Å². The van der Waals surface area contributed by atoms with Gasteiger partial charge in [0.1, 0.15) is 11.6 Å². The van der Waals surface area contributed by atoms with Gasteiger partial charge >= 0.3 is 11.9 Å². The number of ether oxygens (including phenoxy) is 3. The number of esters is 2. The van der Waals surface area contributed by atoms with Gasteiger partial charge in [0.15, 0.2) is 6.10 Å². The third-order valence-corrected chi connectivity index (χ3v) is 1.69. The first-order valence-electron chi connectivity index (χ1n) is 4.82. The van der Waals surface area contributed by atoms with E-state index in [9.17, 15) is 9.59 Å². The summed E-state index contributed by atoms with van der Waals surface area (Å²) in [5.74, 6) is -1.41. The van der Waals surface area contributed by atoms with Crippen LogP contribution < -0.4 is 5.73 Å². The van der Waals surface area contributed by atoms with Crippen LogP contribution in [-0.4, -0.2) is 43.9 Å². The zero-order valence-corrected chi connectivity index (χ0v) is 10.3. The normalized spacial score (nSPS) is 15.1. The summed E-state index contributed by atoms with van der Waals surface area (Å²) in [6.45, 7) is 5.12. The molecule has 0 heterocycles. The molecule has 0 saturated heterocycles. The molecule has 0 fully saturated rings. The molecule has 0 aliphatic heterocycles. The summed E-state index contributed by atoms with van der Waals surface area (Å²) in [5.41, 5.74) is 4.89. The lowest BCUT2D eigenvalue weighted by molar-refractivity contribution is -0.168. The Balaban J connectivity index is 4.57. The number of methoxy groups -OCH3 is 2. The minimum atomic E-state index is -1.20. The first-order chi connectivity index (χ1) is 7.22. The van der Waals surface area contributed by atoms with Crippen molar-refractivity contribution in [3.05, 3.63) is 0 Å². The predicted molar refractivity (Wildman–Crippen MR) is 56.6 cm³/mol. The fraction of sp³-hybridized carbons (Fsp3) is 0.800. The molecule has 16 heavy (non-hydrogen) atoms. The van der Waals surface area contributed by atoms with Gasteiger partial charge in [0.05, 0.1) is 7.11 Å². The van der Waals surface area contributed by atoms with Crippen LogP contribution in [0.5, 0.6) is 0 Å². The van der Waals surface area contributed by atoms with Crippen molar-refractivity contribution in [3.63, 3.8) is 0 Å². The van der Waals surface area contributed by atoms with Crippen molar-refractivity contribution in [1.82, 2.24) is 0 Å². The third-order valence-electron chi connectivity index (χ3n) is 1.69. The molecular weight excluding hydrogens is 214 g/mol. The summed E-state index contributed by atoms with van der Waals surface area (Å²) in [4.78, 5) is 22.8. The molecule has 0 aromatic carbocycles. The maximum atomic E-state index is 11.5. The Morgan fingerprint density at radius 3 is 1.94 bits per heavy atom. The average Bonchev–Trinajstić information content (AvgIpc) is 2.15. The van der Waals surface area contributed by atoms with Crippen molar-refractivity contribution < 1.29 is 23.8 Å². The van der Waals surface area contributed by atoms with Crippen LogP contribution in [-0.2, 0) is 23.8 Å². The van der Waals surface area contributed by atoms with E-state index in [4.69, 9.17) is 15.2 Å². The predicted octanol–water partition coefficient (Wildman–Crippen LogP) is -0.157. The lowest BCUT2D eigenvalue weighted by atomic mass is 10.1. The van der Waals surface area contributed by atoms with Crippen LogP contribution in [0.3, 0.4) is 0 Å². The van der Waals surface area contributed by atoms with Gasteiger partial charge in [0, 0.05) is 7.11 Å². The zero-order valence-electron chi connectivity index (χ0n) is 10.3. The zero-order chi connectivity index (χ0) is 12.9. The van der Waals surface area contributed by atoms with Crippen LogP contribution >= 0.6 is 0 Å². The second-order valence-corrected chi connectivity index (χ2v) is 4.24. The molecule has 0 amide bonds. The Kier molecular flexibility index (Phi) is 5.40. The van der Waals surface area contributed by atoms with Gasteiger partial charge in [0.25, 0.3) is 0 Å². The Hall–Kier alpha value is -1.14. The van der Waals surface area contributed by atoms with E-state index in [2.05, 4.69) is 4.74 Å². The van der Waals surface area contributed by atoms with Gasteiger partial charge in [-0.3, -0.25) is 4.79 Å². The highest BCUT2D eigenvalue weighted by Gasteiger charge is 2.34. The van der Waals surface area contributed by atoms with Crippen LogP contribution in [0.2, 0.25) is 0 Å². The fourth-order valence-electron chi connectivity index (χ4n) is 0.999. The van der Waals surface area contributed by atoms with Crippen molar-refractivity contribution in [2.24, 2.45) is 5.73 Å². The summed E-state index contributed by atoms with van der Waals surface area (Å²) in [5, 5.41) is 0. The molecule has 0 rings (SSSR count). The summed E-state index contributed by atoms with van der Waals surface area (Å²) in [6, 6.07) is -1.20. The first kappa shape index (κ1) is 14.9. The lowest BCUT2D eigenvalue weighted by Gasteiger charge is -2.24.